The summed E-state index contributed by atoms with van der Waals surface area (Å²) in [5, 5.41) is 4.56. The predicted octanol–water partition coefficient (Wildman–Crippen LogP) is 1.06. The van der Waals surface area contributed by atoms with Crippen molar-refractivity contribution < 1.29 is 23.3 Å². The fourth-order valence-electron chi connectivity index (χ4n) is 1.60. The standard InChI is InChI=1S/C15H20N2O5S/c1-10(2)8-16-15(20)17-13(18)9-22-14(19)11-6-4-5-7-12(11)23(3)21/h4-7,10H,8-9H2,1-3H3,(H2,16,17,18,20)/t23-/m0/s1. The second-order valence-corrected chi connectivity index (χ2v) is 6.53. The Morgan fingerprint density at radius 1 is 1.22 bits per heavy atom. The highest BCUT2D eigenvalue weighted by Gasteiger charge is 2.16. The molecule has 0 fully saturated rings. The Bertz CT molecular complexity index is 616. The molecule has 0 radical (unpaired) electrons. The van der Waals surface area contributed by atoms with E-state index >= 15 is 0 Å². The van der Waals surface area contributed by atoms with Crippen LogP contribution in [0.1, 0.15) is 24.2 Å². The van der Waals surface area contributed by atoms with Crippen LogP contribution in [0.5, 0.6) is 0 Å². The molecule has 3 amide bonds. The van der Waals surface area contributed by atoms with Crippen LogP contribution in [-0.2, 0) is 20.3 Å². The molecule has 2 N–H and O–H groups in total. The molecule has 7 nitrogen and oxygen atoms in total. The maximum absolute atomic E-state index is 11.9. The van der Waals surface area contributed by atoms with Crippen molar-refractivity contribution in [3.05, 3.63) is 29.8 Å². The lowest BCUT2D eigenvalue weighted by Gasteiger charge is -2.09. The smallest absolute Gasteiger partial charge is 0.339 e. The summed E-state index contributed by atoms with van der Waals surface area (Å²) < 4.78 is 16.4. The molecule has 0 saturated heterocycles. The van der Waals surface area contributed by atoms with E-state index < -0.39 is 35.3 Å². The lowest BCUT2D eigenvalue weighted by atomic mass is 10.2. The van der Waals surface area contributed by atoms with Crippen LogP contribution in [0.25, 0.3) is 0 Å². The number of hydrogen-bond acceptors (Lipinski definition) is 5. The number of carbonyl (C=O) groups is 3. The van der Waals surface area contributed by atoms with E-state index in [-0.39, 0.29) is 11.5 Å². The quantitative estimate of drug-likeness (QED) is 0.754. The number of amides is 3. The summed E-state index contributed by atoms with van der Waals surface area (Å²) in [7, 11) is -1.36. The molecule has 126 valence electrons. The van der Waals surface area contributed by atoms with Crippen molar-refractivity contribution in [2.75, 3.05) is 19.4 Å². The zero-order chi connectivity index (χ0) is 17.4. The van der Waals surface area contributed by atoms with Crippen LogP contribution in [0, 0.1) is 5.92 Å². The number of nitrogens with one attached hydrogen (secondary N) is 2. The van der Waals surface area contributed by atoms with Gasteiger partial charge in [0.2, 0.25) is 0 Å². The topological polar surface area (TPSA) is 102 Å². The van der Waals surface area contributed by atoms with Gasteiger partial charge in [0.05, 0.1) is 21.3 Å². The molecule has 0 heterocycles. The molecular weight excluding hydrogens is 320 g/mol. The molecule has 0 unspecified atom stereocenters. The highest BCUT2D eigenvalue weighted by atomic mass is 32.2. The van der Waals surface area contributed by atoms with Crippen molar-refractivity contribution >= 4 is 28.7 Å². The van der Waals surface area contributed by atoms with Gasteiger partial charge in [-0.1, -0.05) is 26.0 Å². The second-order valence-electron chi connectivity index (χ2n) is 5.18. The Morgan fingerprint density at radius 2 is 1.87 bits per heavy atom. The molecule has 1 aromatic rings. The van der Waals surface area contributed by atoms with E-state index in [1.807, 2.05) is 13.8 Å². The van der Waals surface area contributed by atoms with E-state index in [0.717, 1.165) is 0 Å². The number of urea groups is 1. The Labute approximate surface area is 137 Å². The molecule has 0 saturated carbocycles. The zero-order valence-corrected chi connectivity index (χ0v) is 14.1. The molecule has 0 spiro atoms. The molecule has 0 aliphatic rings. The van der Waals surface area contributed by atoms with E-state index in [2.05, 4.69) is 10.6 Å². The molecule has 1 rings (SSSR count). The largest absolute Gasteiger partial charge is 0.452 e. The van der Waals surface area contributed by atoms with Crippen molar-refractivity contribution in [3.63, 3.8) is 0 Å². The van der Waals surface area contributed by atoms with Gasteiger partial charge in [0.1, 0.15) is 0 Å². The van der Waals surface area contributed by atoms with E-state index in [9.17, 15) is 18.6 Å². The number of imide groups is 1. The molecule has 0 bridgehead atoms. The number of rotatable bonds is 6. The van der Waals surface area contributed by atoms with Crippen molar-refractivity contribution in [1.29, 1.82) is 0 Å². The summed E-state index contributed by atoms with van der Waals surface area (Å²) in [6, 6.07) is 5.62. The van der Waals surface area contributed by atoms with Gasteiger partial charge in [0, 0.05) is 12.8 Å². The first kappa shape index (κ1) is 18.8. The van der Waals surface area contributed by atoms with Gasteiger partial charge < -0.3 is 10.1 Å². The Morgan fingerprint density at radius 3 is 2.48 bits per heavy atom. The lowest BCUT2D eigenvalue weighted by Crippen LogP contribution is -2.42. The van der Waals surface area contributed by atoms with E-state index in [1.165, 1.54) is 12.3 Å². The Hall–Kier alpha value is -2.22. The fourth-order valence-corrected chi connectivity index (χ4v) is 2.33. The van der Waals surface area contributed by atoms with Gasteiger partial charge in [-0.3, -0.25) is 14.3 Å². The number of benzene rings is 1. The van der Waals surface area contributed by atoms with Crippen molar-refractivity contribution in [2.24, 2.45) is 5.92 Å². The third-order valence-electron chi connectivity index (χ3n) is 2.67. The third-order valence-corrected chi connectivity index (χ3v) is 3.65. The highest BCUT2D eigenvalue weighted by molar-refractivity contribution is 7.84. The molecule has 1 atom stereocenters. The molecular formula is C15H20N2O5S. The first-order valence-corrected chi connectivity index (χ1v) is 8.54. The van der Waals surface area contributed by atoms with Gasteiger partial charge in [-0.2, -0.15) is 0 Å². The number of carbonyl (C=O) groups excluding carboxylic acids is 3. The minimum absolute atomic E-state index is 0.130. The highest BCUT2D eigenvalue weighted by Crippen LogP contribution is 2.13. The minimum atomic E-state index is -1.36. The zero-order valence-electron chi connectivity index (χ0n) is 13.3. The van der Waals surface area contributed by atoms with Crippen LogP contribution in [0.2, 0.25) is 0 Å². The first-order valence-electron chi connectivity index (χ1n) is 6.98. The van der Waals surface area contributed by atoms with E-state index in [1.54, 1.807) is 18.2 Å². The minimum Gasteiger partial charge on any atom is -0.452 e. The maximum atomic E-state index is 11.9. The monoisotopic (exact) mass is 340 g/mol. The number of esters is 1. The Kier molecular flexibility index (Phi) is 7.40. The summed E-state index contributed by atoms with van der Waals surface area (Å²) in [6.07, 6.45) is 1.44. The van der Waals surface area contributed by atoms with Gasteiger partial charge in [-0.15, -0.1) is 0 Å². The Balaban J connectivity index is 2.52. The average molecular weight is 340 g/mol. The van der Waals surface area contributed by atoms with Crippen LogP contribution >= 0.6 is 0 Å². The SMILES string of the molecule is CC(C)CNC(=O)NC(=O)COC(=O)c1ccccc1[S@](C)=O. The summed E-state index contributed by atoms with van der Waals surface area (Å²) in [4.78, 5) is 35.2. The molecule has 0 aromatic heterocycles. The van der Waals surface area contributed by atoms with Crippen LogP contribution in [0.4, 0.5) is 4.79 Å². The van der Waals surface area contributed by atoms with E-state index in [4.69, 9.17) is 4.74 Å². The summed E-state index contributed by atoms with van der Waals surface area (Å²) in [6.45, 7) is 3.66. The van der Waals surface area contributed by atoms with Crippen LogP contribution in [0.15, 0.2) is 29.2 Å². The number of hydrogen-bond donors (Lipinski definition) is 2. The van der Waals surface area contributed by atoms with Crippen molar-refractivity contribution in [2.45, 2.75) is 18.7 Å². The average Bonchev–Trinajstić information content (AvgIpc) is 2.50. The first-order chi connectivity index (χ1) is 10.8. The van der Waals surface area contributed by atoms with Crippen LogP contribution in [0.3, 0.4) is 0 Å². The third kappa shape index (κ3) is 6.60. The molecule has 23 heavy (non-hydrogen) atoms. The second kappa shape index (κ2) is 9.04. The lowest BCUT2D eigenvalue weighted by molar-refractivity contribution is -0.123. The summed E-state index contributed by atoms with van der Waals surface area (Å²) >= 11 is 0. The fraction of sp³-hybridized carbons (Fsp3) is 0.400. The molecule has 0 aliphatic heterocycles. The maximum Gasteiger partial charge on any atom is 0.339 e. The van der Waals surface area contributed by atoms with Gasteiger partial charge in [0.25, 0.3) is 5.91 Å². The number of ether oxygens (including phenoxy) is 1. The molecule has 1 aromatic carbocycles. The van der Waals surface area contributed by atoms with Gasteiger partial charge in [-0.05, 0) is 18.1 Å². The van der Waals surface area contributed by atoms with Gasteiger partial charge >= 0.3 is 12.0 Å². The van der Waals surface area contributed by atoms with Gasteiger partial charge in [-0.25, -0.2) is 9.59 Å². The normalized spacial score (nSPS) is 11.7. The van der Waals surface area contributed by atoms with Crippen LogP contribution < -0.4 is 10.6 Å². The van der Waals surface area contributed by atoms with Gasteiger partial charge in [0.15, 0.2) is 6.61 Å². The van der Waals surface area contributed by atoms with E-state index in [0.29, 0.717) is 11.4 Å². The predicted molar refractivity (Wildman–Crippen MR) is 85.4 cm³/mol. The molecule has 8 heteroatoms. The summed E-state index contributed by atoms with van der Waals surface area (Å²) in [5.74, 6) is -1.26. The summed E-state index contributed by atoms with van der Waals surface area (Å²) in [5.41, 5.74) is 0.130. The van der Waals surface area contributed by atoms with Crippen molar-refractivity contribution in [1.82, 2.24) is 10.6 Å². The van der Waals surface area contributed by atoms with Crippen molar-refractivity contribution in [3.8, 4) is 0 Å². The molecule has 0 aliphatic carbocycles. The van der Waals surface area contributed by atoms with Crippen LogP contribution in [-0.4, -0.2) is 41.5 Å².